The fourth-order valence-electron chi connectivity index (χ4n) is 1.33. The lowest BCUT2D eigenvalue weighted by molar-refractivity contribution is 0.427. The van der Waals surface area contributed by atoms with Crippen LogP contribution in [0.3, 0.4) is 0 Å². The molecule has 0 atom stereocenters. The van der Waals surface area contributed by atoms with Gasteiger partial charge in [0.15, 0.2) is 0 Å². The Balaban J connectivity index is 3.07. The van der Waals surface area contributed by atoms with Crippen LogP contribution in [0.25, 0.3) is 0 Å². The van der Waals surface area contributed by atoms with Gasteiger partial charge in [-0.3, -0.25) is 0 Å². The van der Waals surface area contributed by atoms with E-state index in [2.05, 4.69) is 6.92 Å². The number of aliphatic hydroxyl groups is 1. The van der Waals surface area contributed by atoms with E-state index in [-0.39, 0.29) is 0 Å². The SMILES string of the molecule is CC1=CC(C)=C(O)C=C(C)C1. The minimum atomic E-state index is 0.402. The number of aliphatic hydroxyl groups excluding tert-OH is 1. The van der Waals surface area contributed by atoms with Crippen LogP contribution in [0, 0.1) is 0 Å². The lowest BCUT2D eigenvalue weighted by atomic mass is 10.1. The maximum Gasteiger partial charge on any atom is 0.118 e. The van der Waals surface area contributed by atoms with Crippen molar-refractivity contribution in [3.63, 3.8) is 0 Å². The molecule has 0 saturated carbocycles. The highest BCUT2D eigenvalue weighted by atomic mass is 16.3. The predicted molar refractivity (Wildman–Crippen MR) is 47.5 cm³/mol. The molecule has 0 aromatic carbocycles. The van der Waals surface area contributed by atoms with E-state index < -0.39 is 0 Å². The fourth-order valence-corrected chi connectivity index (χ4v) is 1.33. The maximum absolute atomic E-state index is 9.40. The van der Waals surface area contributed by atoms with Crippen LogP contribution in [-0.4, -0.2) is 5.11 Å². The first-order valence-corrected chi connectivity index (χ1v) is 3.84. The van der Waals surface area contributed by atoms with Crippen molar-refractivity contribution in [2.45, 2.75) is 27.2 Å². The lowest BCUT2D eigenvalue weighted by Gasteiger charge is -1.96. The summed E-state index contributed by atoms with van der Waals surface area (Å²) in [6, 6.07) is 0. The number of hydrogen-bond donors (Lipinski definition) is 1. The summed E-state index contributed by atoms with van der Waals surface area (Å²) in [7, 11) is 0. The monoisotopic (exact) mass is 150 g/mol. The highest BCUT2D eigenvalue weighted by molar-refractivity contribution is 5.35. The zero-order valence-corrected chi connectivity index (χ0v) is 7.31. The van der Waals surface area contributed by atoms with E-state index >= 15 is 0 Å². The molecule has 0 heterocycles. The van der Waals surface area contributed by atoms with Crippen molar-refractivity contribution in [3.05, 3.63) is 34.6 Å². The molecule has 0 aromatic rings. The van der Waals surface area contributed by atoms with Gasteiger partial charge < -0.3 is 5.11 Å². The van der Waals surface area contributed by atoms with E-state index in [1.54, 1.807) is 0 Å². The average molecular weight is 150 g/mol. The molecular weight excluding hydrogens is 136 g/mol. The molecule has 1 aliphatic rings. The van der Waals surface area contributed by atoms with E-state index in [9.17, 15) is 5.11 Å². The van der Waals surface area contributed by atoms with Gasteiger partial charge in [-0.15, -0.1) is 0 Å². The molecule has 1 aliphatic carbocycles. The van der Waals surface area contributed by atoms with Gasteiger partial charge in [0.1, 0.15) is 5.76 Å². The molecule has 1 heteroatoms. The zero-order valence-electron chi connectivity index (χ0n) is 7.31. The van der Waals surface area contributed by atoms with Gasteiger partial charge in [0.25, 0.3) is 0 Å². The molecule has 1 rings (SSSR count). The summed E-state index contributed by atoms with van der Waals surface area (Å²) in [6.45, 7) is 6.04. The van der Waals surface area contributed by atoms with Crippen LogP contribution >= 0.6 is 0 Å². The van der Waals surface area contributed by atoms with Crippen LogP contribution < -0.4 is 0 Å². The van der Waals surface area contributed by atoms with Crippen LogP contribution in [0.4, 0.5) is 0 Å². The molecule has 11 heavy (non-hydrogen) atoms. The molecule has 0 spiro atoms. The Labute approximate surface area is 67.7 Å². The molecule has 0 aromatic heterocycles. The van der Waals surface area contributed by atoms with Gasteiger partial charge in [0, 0.05) is 0 Å². The Kier molecular flexibility index (Phi) is 2.18. The molecule has 0 bridgehead atoms. The summed E-state index contributed by atoms with van der Waals surface area (Å²) in [6.07, 6.45) is 4.84. The van der Waals surface area contributed by atoms with Crippen LogP contribution in [0.5, 0.6) is 0 Å². The van der Waals surface area contributed by atoms with Crippen LogP contribution in [0.2, 0.25) is 0 Å². The van der Waals surface area contributed by atoms with E-state index in [0.717, 1.165) is 12.0 Å². The predicted octanol–water partition coefficient (Wildman–Crippen LogP) is 3.11. The first-order valence-electron chi connectivity index (χ1n) is 3.84. The molecule has 0 fully saturated rings. The van der Waals surface area contributed by atoms with Crippen molar-refractivity contribution in [3.8, 4) is 0 Å². The number of hydrogen-bond acceptors (Lipinski definition) is 1. The van der Waals surface area contributed by atoms with Crippen molar-refractivity contribution in [1.29, 1.82) is 0 Å². The number of allylic oxidation sites excluding steroid dienone is 5. The van der Waals surface area contributed by atoms with Gasteiger partial charge in [-0.1, -0.05) is 17.2 Å². The first kappa shape index (κ1) is 8.12. The number of rotatable bonds is 0. The first-order chi connectivity index (χ1) is 5.09. The summed E-state index contributed by atoms with van der Waals surface area (Å²) < 4.78 is 0. The Morgan fingerprint density at radius 2 is 1.64 bits per heavy atom. The third kappa shape index (κ3) is 1.97. The van der Waals surface area contributed by atoms with Crippen LogP contribution in [0.15, 0.2) is 34.6 Å². The van der Waals surface area contributed by atoms with Gasteiger partial charge >= 0.3 is 0 Å². The van der Waals surface area contributed by atoms with Gasteiger partial charge in [-0.2, -0.15) is 0 Å². The van der Waals surface area contributed by atoms with E-state index in [1.807, 2.05) is 26.0 Å². The van der Waals surface area contributed by atoms with Crippen LogP contribution in [-0.2, 0) is 0 Å². The van der Waals surface area contributed by atoms with Gasteiger partial charge in [-0.05, 0) is 38.8 Å². The third-order valence-electron chi connectivity index (χ3n) is 1.81. The summed E-state index contributed by atoms with van der Waals surface area (Å²) in [5, 5.41) is 9.40. The largest absolute Gasteiger partial charge is 0.508 e. The molecular formula is C10H14O. The summed E-state index contributed by atoms with van der Waals surface area (Å²) in [5.74, 6) is 0.402. The third-order valence-corrected chi connectivity index (χ3v) is 1.81. The Morgan fingerprint density at radius 1 is 1.09 bits per heavy atom. The van der Waals surface area contributed by atoms with Crippen molar-refractivity contribution < 1.29 is 5.11 Å². The van der Waals surface area contributed by atoms with Crippen molar-refractivity contribution in [2.75, 3.05) is 0 Å². The quantitative estimate of drug-likeness (QED) is 0.562. The smallest absolute Gasteiger partial charge is 0.118 e. The molecule has 0 aliphatic heterocycles. The van der Waals surface area contributed by atoms with Crippen molar-refractivity contribution in [2.24, 2.45) is 0 Å². The molecule has 60 valence electrons. The molecule has 0 amide bonds. The Hall–Kier alpha value is -0.980. The average Bonchev–Trinajstić information content (AvgIpc) is 1.93. The highest BCUT2D eigenvalue weighted by Crippen LogP contribution is 2.19. The normalized spacial score (nSPS) is 19.2. The molecule has 0 saturated heterocycles. The summed E-state index contributed by atoms with van der Waals surface area (Å²) in [5.41, 5.74) is 3.48. The molecule has 1 nitrogen and oxygen atoms in total. The summed E-state index contributed by atoms with van der Waals surface area (Å²) in [4.78, 5) is 0. The fraction of sp³-hybridized carbons (Fsp3) is 0.400. The highest BCUT2D eigenvalue weighted by Gasteiger charge is 2.02. The Bertz CT molecular complexity index is 228. The topological polar surface area (TPSA) is 20.2 Å². The second kappa shape index (κ2) is 2.95. The zero-order chi connectivity index (χ0) is 8.43. The van der Waals surface area contributed by atoms with Gasteiger partial charge in [0.2, 0.25) is 0 Å². The van der Waals surface area contributed by atoms with Crippen LogP contribution in [0.1, 0.15) is 27.2 Å². The summed E-state index contributed by atoms with van der Waals surface area (Å²) >= 11 is 0. The van der Waals surface area contributed by atoms with Crippen molar-refractivity contribution >= 4 is 0 Å². The minimum Gasteiger partial charge on any atom is -0.508 e. The van der Waals surface area contributed by atoms with E-state index in [4.69, 9.17) is 0 Å². The maximum atomic E-state index is 9.40. The van der Waals surface area contributed by atoms with E-state index in [0.29, 0.717) is 5.76 Å². The molecule has 0 radical (unpaired) electrons. The Morgan fingerprint density at radius 3 is 2.27 bits per heavy atom. The van der Waals surface area contributed by atoms with E-state index in [1.165, 1.54) is 11.1 Å². The minimum absolute atomic E-state index is 0.402. The second-order valence-corrected chi connectivity index (χ2v) is 3.23. The molecule has 0 unspecified atom stereocenters. The lowest BCUT2D eigenvalue weighted by Crippen LogP contribution is -1.78. The standard InChI is InChI=1S/C10H14O/c1-7-4-8(2)6-10(11)9(3)5-7/h5-6,11H,4H2,1-3H3. The van der Waals surface area contributed by atoms with Crippen molar-refractivity contribution in [1.82, 2.24) is 0 Å². The second-order valence-electron chi connectivity index (χ2n) is 3.23. The van der Waals surface area contributed by atoms with Gasteiger partial charge in [0.05, 0.1) is 0 Å². The molecule has 1 N–H and O–H groups in total. The van der Waals surface area contributed by atoms with Gasteiger partial charge in [-0.25, -0.2) is 0 Å².